The van der Waals surface area contributed by atoms with E-state index in [4.69, 9.17) is 4.74 Å². The molecular weight excluding hydrogens is 260 g/mol. The number of nitrogens with zero attached hydrogens (tertiary/aromatic N) is 2. The lowest BCUT2D eigenvalue weighted by atomic mass is 9.81. The Morgan fingerprint density at radius 1 is 1.45 bits per heavy atom. The summed E-state index contributed by atoms with van der Waals surface area (Å²) >= 11 is 0. The fraction of sp³-hybridized carbons (Fsp3) is 0.929. The Hall–Kier alpha value is -1.33. The predicted octanol–water partition coefficient (Wildman–Crippen LogP) is 3.08. The molecule has 1 atom stereocenters. The van der Waals surface area contributed by atoms with Gasteiger partial charge in [0.15, 0.2) is 0 Å². The van der Waals surface area contributed by atoms with Crippen LogP contribution in [0, 0.1) is 15.5 Å². The Labute approximate surface area is 120 Å². The molecule has 6 nitrogen and oxygen atoms in total. The molecule has 1 unspecified atom stereocenters. The molecule has 0 radical (unpaired) electrons. The molecule has 1 amide bonds. The molecule has 6 heteroatoms. The molecule has 1 rings (SSSR count). The fourth-order valence-electron chi connectivity index (χ4n) is 2.47. The summed E-state index contributed by atoms with van der Waals surface area (Å²) in [5.41, 5.74) is -0.519. The van der Waals surface area contributed by atoms with Crippen molar-refractivity contribution >= 4 is 6.09 Å². The topological polar surface area (TPSA) is 72.7 Å². The van der Waals surface area contributed by atoms with Gasteiger partial charge in [0.2, 0.25) is 6.54 Å². The number of amides is 1. The molecule has 0 bridgehead atoms. The van der Waals surface area contributed by atoms with Gasteiger partial charge in [-0.15, -0.1) is 0 Å². The molecule has 0 N–H and O–H groups in total. The van der Waals surface area contributed by atoms with Gasteiger partial charge in [-0.2, -0.15) is 0 Å². The lowest BCUT2D eigenvalue weighted by molar-refractivity contribution is -0.481. The monoisotopic (exact) mass is 286 g/mol. The van der Waals surface area contributed by atoms with E-state index in [1.54, 1.807) is 4.90 Å². The summed E-state index contributed by atoms with van der Waals surface area (Å²) < 4.78 is 5.42. The molecule has 0 saturated carbocycles. The van der Waals surface area contributed by atoms with Gasteiger partial charge >= 0.3 is 6.09 Å². The maximum Gasteiger partial charge on any atom is 0.410 e. The van der Waals surface area contributed by atoms with Gasteiger partial charge < -0.3 is 9.64 Å². The van der Waals surface area contributed by atoms with E-state index in [0.717, 1.165) is 12.8 Å². The lowest BCUT2D eigenvalue weighted by Gasteiger charge is -2.43. The van der Waals surface area contributed by atoms with E-state index >= 15 is 0 Å². The van der Waals surface area contributed by atoms with Crippen LogP contribution >= 0.6 is 0 Å². The number of hydrogen-bond donors (Lipinski definition) is 0. The molecule has 116 valence electrons. The SMILES string of the molecule is CC1(C)CCC(CC[N+](=O)[O-])N(C(=O)OC(C)(C)C)C1. The molecule has 1 aliphatic heterocycles. The van der Waals surface area contributed by atoms with Crippen molar-refractivity contribution in [2.24, 2.45) is 5.41 Å². The van der Waals surface area contributed by atoms with E-state index in [0.29, 0.717) is 13.0 Å². The first-order valence-corrected chi connectivity index (χ1v) is 7.12. The van der Waals surface area contributed by atoms with Gasteiger partial charge in [0.25, 0.3) is 0 Å². The van der Waals surface area contributed by atoms with Crippen LogP contribution in [0.1, 0.15) is 53.9 Å². The van der Waals surface area contributed by atoms with Gasteiger partial charge in [-0.1, -0.05) is 13.8 Å². The van der Waals surface area contributed by atoms with Gasteiger partial charge in [0.05, 0.1) is 0 Å². The van der Waals surface area contributed by atoms with Crippen molar-refractivity contribution in [1.29, 1.82) is 0 Å². The Bertz CT molecular complexity index is 374. The summed E-state index contributed by atoms with van der Waals surface area (Å²) in [7, 11) is 0. The number of ether oxygens (including phenoxy) is 1. The zero-order valence-corrected chi connectivity index (χ0v) is 13.1. The van der Waals surface area contributed by atoms with Crippen LogP contribution in [-0.2, 0) is 4.74 Å². The van der Waals surface area contributed by atoms with Crippen LogP contribution in [-0.4, -0.2) is 40.6 Å². The summed E-state index contributed by atoms with van der Waals surface area (Å²) in [5.74, 6) is 0. The highest BCUT2D eigenvalue weighted by molar-refractivity contribution is 5.68. The first kappa shape index (κ1) is 16.7. The number of rotatable bonds is 3. The Morgan fingerprint density at radius 3 is 2.55 bits per heavy atom. The van der Waals surface area contributed by atoms with Gasteiger partial charge in [0, 0.05) is 23.9 Å². The normalized spacial score (nSPS) is 22.4. The average molecular weight is 286 g/mol. The second kappa shape index (κ2) is 5.97. The largest absolute Gasteiger partial charge is 0.444 e. The molecule has 0 aromatic rings. The van der Waals surface area contributed by atoms with Crippen molar-refractivity contribution in [3.63, 3.8) is 0 Å². The quantitative estimate of drug-likeness (QED) is 0.590. The smallest absolute Gasteiger partial charge is 0.410 e. The van der Waals surface area contributed by atoms with Crippen LogP contribution in [0.5, 0.6) is 0 Å². The van der Waals surface area contributed by atoms with Crippen LogP contribution < -0.4 is 0 Å². The second-order valence-electron chi connectivity index (χ2n) is 7.31. The van der Waals surface area contributed by atoms with Crippen molar-refractivity contribution in [3.05, 3.63) is 10.1 Å². The number of likely N-dealkylation sites (tertiary alicyclic amines) is 1. The van der Waals surface area contributed by atoms with E-state index in [-0.39, 0.29) is 29.0 Å². The van der Waals surface area contributed by atoms with Crippen LogP contribution in [0.25, 0.3) is 0 Å². The van der Waals surface area contributed by atoms with E-state index in [2.05, 4.69) is 13.8 Å². The van der Waals surface area contributed by atoms with Crippen molar-refractivity contribution in [2.75, 3.05) is 13.1 Å². The molecule has 0 spiro atoms. The molecule has 0 aliphatic carbocycles. The van der Waals surface area contributed by atoms with Crippen molar-refractivity contribution in [1.82, 2.24) is 4.90 Å². The van der Waals surface area contributed by atoms with Crippen molar-refractivity contribution in [2.45, 2.75) is 65.5 Å². The van der Waals surface area contributed by atoms with E-state index in [1.165, 1.54) is 0 Å². The summed E-state index contributed by atoms with van der Waals surface area (Å²) in [4.78, 5) is 24.2. The average Bonchev–Trinajstić information content (AvgIpc) is 2.23. The van der Waals surface area contributed by atoms with Crippen LogP contribution in [0.15, 0.2) is 0 Å². The summed E-state index contributed by atoms with van der Waals surface area (Å²) in [6.07, 6.45) is 1.79. The van der Waals surface area contributed by atoms with E-state index in [9.17, 15) is 14.9 Å². The zero-order chi connectivity index (χ0) is 15.6. The number of hydrogen-bond acceptors (Lipinski definition) is 4. The van der Waals surface area contributed by atoms with Crippen LogP contribution in [0.3, 0.4) is 0 Å². The predicted molar refractivity (Wildman–Crippen MR) is 76.2 cm³/mol. The Morgan fingerprint density at radius 2 is 2.05 bits per heavy atom. The zero-order valence-electron chi connectivity index (χ0n) is 13.1. The minimum atomic E-state index is -0.549. The van der Waals surface area contributed by atoms with E-state index < -0.39 is 5.60 Å². The minimum Gasteiger partial charge on any atom is -0.444 e. The molecular formula is C14H26N2O4. The highest BCUT2D eigenvalue weighted by atomic mass is 16.6. The lowest BCUT2D eigenvalue weighted by Crippen LogP contribution is -2.51. The first-order valence-electron chi connectivity index (χ1n) is 7.12. The third-order valence-electron chi connectivity index (χ3n) is 3.47. The van der Waals surface area contributed by atoms with Gasteiger partial charge in [-0.3, -0.25) is 10.1 Å². The van der Waals surface area contributed by atoms with Gasteiger partial charge in [-0.25, -0.2) is 4.79 Å². The highest BCUT2D eigenvalue weighted by Gasteiger charge is 2.38. The fourth-order valence-corrected chi connectivity index (χ4v) is 2.47. The minimum absolute atomic E-state index is 0.0298. The Balaban J connectivity index is 2.76. The maximum atomic E-state index is 12.3. The summed E-state index contributed by atoms with van der Waals surface area (Å²) in [6, 6.07) is -0.0942. The Kier molecular flexibility index (Phi) is 5.00. The second-order valence-corrected chi connectivity index (χ2v) is 7.31. The molecule has 1 fully saturated rings. The number of piperidine rings is 1. The molecule has 1 aliphatic rings. The van der Waals surface area contributed by atoms with Crippen LogP contribution in [0.4, 0.5) is 4.79 Å². The van der Waals surface area contributed by atoms with Gasteiger partial charge in [-0.05, 0) is 39.0 Å². The molecule has 20 heavy (non-hydrogen) atoms. The van der Waals surface area contributed by atoms with Crippen molar-refractivity contribution < 1.29 is 14.5 Å². The first-order chi connectivity index (χ1) is 9.00. The molecule has 1 heterocycles. The van der Waals surface area contributed by atoms with Crippen molar-refractivity contribution in [3.8, 4) is 0 Å². The maximum absolute atomic E-state index is 12.3. The van der Waals surface area contributed by atoms with Gasteiger partial charge in [0.1, 0.15) is 5.60 Å². The standard InChI is InChI=1S/C14H26N2O4/c1-13(2,3)20-12(17)15-10-14(4,5)8-6-11(15)7-9-16(18)19/h11H,6-10H2,1-5H3. The number of nitro groups is 1. The summed E-state index contributed by atoms with van der Waals surface area (Å²) in [5, 5.41) is 10.5. The molecule has 0 aromatic carbocycles. The molecule has 0 aromatic heterocycles. The van der Waals surface area contributed by atoms with E-state index in [1.807, 2.05) is 20.8 Å². The third-order valence-corrected chi connectivity index (χ3v) is 3.47. The molecule has 1 saturated heterocycles. The highest BCUT2D eigenvalue weighted by Crippen LogP contribution is 2.34. The number of carbonyl (C=O) groups is 1. The summed E-state index contributed by atoms with van der Waals surface area (Å²) in [6.45, 7) is 10.2. The van der Waals surface area contributed by atoms with Crippen LogP contribution in [0.2, 0.25) is 0 Å². The third kappa shape index (κ3) is 5.35. The number of carbonyl (C=O) groups excluding carboxylic acids is 1.